The quantitative estimate of drug-likeness (QED) is 0.0527. The summed E-state index contributed by atoms with van der Waals surface area (Å²) in [6.07, 6.45) is 32.3. The average molecular weight is 624 g/mol. The van der Waals surface area contributed by atoms with Crippen molar-refractivity contribution >= 4 is 11.9 Å². The Morgan fingerprint density at radius 1 is 0.523 bits per heavy atom. The van der Waals surface area contributed by atoms with Gasteiger partial charge in [0.15, 0.2) is 0 Å². The number of carbonyl (C=O) groups is 2. The first kappa shape index (κ1) is 42.9. The van der Waals surface area contributed by atoms with Crippen molar-refractivity contribution in [2.75, 3.05) is 27.2 Å². The number of esters is 2. The Balaban J connectivity index is 4.68. The molecule has 0 saturated carbocycles. The van der Waals surface area contributed by atoms with Gasteiger partial charge in [0.25, 0.3) is 0 Å². The van der Waals surface area contributed by atoms with Crippen LogP contribution in [0.3, 0.4) is 0 Å². The molecule has 0 aromatic rings. The summed E-state index contributed by atoms with van der Waals surface area (Å²) in [6, 6.07) is 0. The first-order chi connectivity index (χ1) is 21.4. The Morgan fingerprint density at radius 2 is 0.955 bits per heavy atom. The van der Waals surface area contributed by atoms with Gasteiger partial charge in [0.1, 0.15) is 12.7 Å². The van der Waals surface area contributed by atoms with Crippen LogP contribution in [0.25, 0.3) is 0 Å². The molecule has 1 unspecified atom stereocenters. The minimum absolute atomic E-state index is 0.108. The van der Waals surface area contributed by atoms with Crippen molar-refractivity contribution < 1.29 is 19.1 Å². The normalized spacial score (nSPS) is 12.2. The minimum atomic E-state index is -0.319. The Morgan fingerprint density at radius 3 is 1.41 bits per heavy atom. The largest absolute Gasteiger partial charge is 0.462 e. The molecule has 5 heteroatoms. The predicted molar refractivity (Wildman–Crippen MR) is 189 cm³/mol. The highest BCUT2D eigenvalue weighted by atomic mass is 16.6. The van der Waals surface area contributed by atoms with Gasteiger partial charge in [-0.3, -0.25) is 9.59 Å². The number of carbonyl (C=O) groups excluding carboxylic acids is 2. The lowest BCUT2D eigenvalue weighted by atomic mass is 9.91. The maximum absolute atomic E-state index is 13.0. The van der Waals surface area contributed by atoms with Gasteiger partial charge >= 0.3 is 11.9 Å². The highest BCUT2D eigenvalue weighted by Crippen LogP contribution is 2.23. The zero-order valence-electron chi connectivity index (χ0n) is 30.4. The highest BCUT2D eigenvalue weighted by molar-refractivity contribution is 5.70. The van der Waals surface area contributed by atoms with E-state index in [2.05, 4.69) is 39.8 Å². The van der Waals surface area contributed by atoms with Gasteiger partial charge in [-0.25, -0.2) is 0 Å². The minimum Gasteiger partial charge on any atom is -0.462 e. The predicted octanol–water partition coefficient (Wildman–Crippen LogP) is 11.6. The van der Waals surface area contributed by atoms with Crippen molar-refractivity contribution in [3.63, 3.8) is 0 Å². The van der Waals surface area contributed by atoms with Crippen molar-refractivity contribution in [2.45, 2.75) is 207 Å². The molecular weight excluding hydrogens is 546 g/mol. The van der Waals surface area contributed by atoms with Crippen LogP contribution in [0.5, 0.6) is 0 Å². The molecule has 44 heavy (non-hydrogen) atoms. The smallest absolute Gasteiger partial charge is 0.306 e. The second kappa shape index (κ2) is 33.3. The zero-order chi connectivity index (χ0) is 32.5. The first-order valence-corrected chi connectivity index (χ1v) is 19.4. The number of hydrogen-bond acceptors (Lipinski definition) is 5. The van der Waals surface area contributed by atoms with E-state index in [9.17, 15) is 9.59 Å². The molecule has 262 valence electrons. The average Bonchev–Trinajstić information content (AvgIpc) is 3.00. The van der Waals surface area contributed by atoms with E-state index in [4.69, 9.17) is 9.47 Å². The van der Waals surface area contributed by atoms with Crippen LogP contribution in [-0.4, -0.2) is 50.2 Å². The van der Waals surface area contributed by atoms with Crippen LogP contribution in [0.1, 0.15) is 201 Å². The van der Waals surface area contributed by atoms with Crippen molar-refractivity contribution in [1.29, 1.82) is 0 Å². The van der Waals surface area contributed by atoms with E-state index < -0.39 is 0 Å². The Labute approximate surface area is 275 Å². The molecule has 0 saturated heterocycles. The molecule has 0 heterocycles. The van der Waals surface area contributed by atoms with Crippen molar-refractivity contribution in [1.82, 2.24) is 4.90 Å². The van der Waals surface area contributed by atoms with Gasteiger partial charge in [-0.05, 0) is 65.1 Å². The molecule has 0 aromatic heterocycles. The maximum Gasteiger partial charge on any atom is 0.306 e. The van der Waals surface area contributed by atoms with Crippen molar-refractivity contribution in [3.05, 3.63) is 0 Å². The van der Waals surface area contributed by atoms with Crippen molar-refractivity contribution in [2.24, 2.45) is 5.92 Å². The summed E-state index contributed by atoms with van der Waals surface area (Å²) in [7, 11) is 4.11. The monoisotopic (exact) mass is 624 g/mol. The molecule has 0 fully saturated rings. The SMILES string of the molecule is CCCCCCCCCCCCCC(COC(=O)CC(CCCCCCC)CCCCCCC)OC(=O)CCCCN(C)C. The van der Waals surface area contributed by atoms with Gasteiger partial charge in [0.05, 0.1) is 0 Å². The molecule has 0 amide bonds. The topological polar surface area (TPSA) is 55.8 Å². The van der Waals surface area contributed by atoms with E-state index in [0.717, 1.165) is 51.5 Å². The molecule has 0 aliphatic rings. The summed E-state index contributed by atoms with van der Waals surface area (Å²) < 4.78 is 11.7. The molecule has 0 spiro atoms. The van der Waals surface area contributed by atoms with Gasteiger partial charge in [-0.15, -0.1) is 0 Å². The third kappa shape index (κ3) is 30.9. The molecule has 5 nitrogen and oxygen atoms in total. The summed E-state index contributed by atoms with van der Waals surface area (Å²) >= 11 is 0. The summed E-state index contributed by atoms with van der Waals surface area (Å²) in [5.41, 5.74) is 0. The van der Waals surface area contributed by atoms with Gasteiger partial charge < -0.3 is 14.4 Å². The second-order valence-electron chi connectivity index (χ2n) is 13.9. The molecule has 0 N–H and O–H groups in total. The van der Waals surface area contributed by atoms with Crippen LogP contribution in [0.2, 0.25) is 0 Å². The molecule has 0 rings (SSSR count). The van der Waals surface area contributed by atoms with Gasteiger partial charge in [-0.2, -0.15) is 0 Å². The fraction of sp³-hybridized carbons (Fsp3) is 0.949. The Hall–Kier alpha value is -1.10. The molecule has 0 radical (unpaired) electrons. The van der Waals surface area contributed by atoms with Gasteiger partial charge in [0, 0.05) is 12.8 Å². The van der Waals surface area contributed by atoms with Gasteiger partial charge in [-0.1, -0.05) is 149 Å². The fourth-order valence-corrected chi connectivity index (χ4v) is 6.06. The lowest BCUT2D eigenvalue weighted by molar-refractivity contribution is -0.160. The van der Waals surface area contributed by atoms with E-state index in [1.807, 2.05) is 0 Å². The van der Waals surface area contributed by atoms with E-state index in [-0.39, 0.29) is 24.6 Å². The molecule has 0 aromatic carbocycles. The van der Waals surface area contributed by atoms with Crippen LogP contribution in [-0.2, 0) is 19.1 Å². The Kier molecular flexibility index (Phi) is 32.4. The second-order valence-corrected chi connectivity index (χ2v) is 13.9. The Bertz CT molecular complexity index is 609. The van der Waals surface area contributed by atoms with Gasteiger partial charge in [0.2, 0.25) is 0 Å². The lowest BCUT2D eigenvalue weighted by Crippen LogP contribution is -2.26. The number of hydrogen-bond donors (Lipinski definition) is 0. The third-order valence-electron chi connectivity index (χ3n) is 8.98. The van der Waals surface area contributed by atoms with E-state index in [1.165, 1.54) is 122 Å². The maximum atomic E-state index is 13.0. The fourth-order valence-electron chi connectivity index (χ4n) is 6.06. The van der Waals surface area contributed by atoms with Crippen molar-refractivity contribution in [3.8, 4) is 0 Å². The lowest BCUT2D eigenvalue weighted by Gasteiger charge is -2.20. The van der Waals surface area contributed by atoms with Crippen LogP contribution in [0, 0.1) is 5.92 Å². The van der Waals surface area contributed by atoms with E-state index in [0.29, 0.717) is 18.8 Å². The molecular formula is C39H77NO4. The molecule has 0 aliphatic heterocycles. The standard InChI is InChI=1S/C39H77NO4/c1-6-9-12-15-16-17-18-19-20-23-26-31-37(44-38(41)32-27-28-33-40(4)5)35-43-39(42)34-36(29-24-21-13-10-7-2)30-25-22-14-11-8-3/h36-37H,6-35H2,1-5H3. The number of ether oxygens (including phenoxy) is 2. The molecule has 1 atom stereocenters. The summed E-state index contributed by atoms with van der Waals surface area (Å²) in [4.78, 5) is 27.8. The number of rotatable bonds is 34. The summed E-state index contributed by atoms with van der Waals surface area (Å²) in [5.74, 6) is 0.156. The van der Waals surface area contributed by atoms with Crippen LogP contribution in [0.15, 0.2) is 0 Å². The molecule has 0 aliphatic carbocycles. The van der Waals surface area contributed by atoms with Crippen LogP contribution >= 0.6 is 0 Å². The highest BCUT2D eigenvalue weighted by Gasteiger charge is 2.19. The first-order valence-electron chi connectivity index (χ1n) is 19.4. The van der Waals surface area contributed by atoms with E-state index in [1.54, 1.807) is 0 Å². The number of nitrogens with zero attached hydrogens (tertiary/aromatic N) is 1. The van der Waals surface area contributed by atoms with Crippen LogP contribution in [0.4, 0.5) is 0 Å². The van der Waals surface area contributed by atoms with E-state index >= 15 is 0 Å². The summed E-state index contributed by atoms with van der Waals surface area (Å²) in [6.45, 7) is 7.96. The summed E-state index contributed by atoms with van der Waals surface area (Å²) in [5, 5.41) is 0. The van der Waals surface area contributed by atoms with Crippen LogP contribution < -0.4 is 0 Å². The molecule has 0 bridgehead atoms. The number of unbranched alkanes of at least 4 members (excludes halogenated alkanes) is 19. The third-order valence-corrected chi connectivity index (χ3v) is 8.98. The zero-order valence-corrected chi connectivity index (χ0v) is 30.4.